The summed E-state index contributed by atoms with van der Waals surface area (Å²) in [5.41, 5.74) is 7.00. The first-order chi connectivity index (χ1) is 15.7. The molecule has 0 aliphatic heterocycles. The van der Waals surface area contributed by atoms with E-state index in [1.807, 2.05) is 62.7 Å². The summed E-state index contributed by atoms with van der Waals surface area (Å²) in [6.45, 7) is 10.9. The lowest BCUT2D eigenvalue weighted by Gasteiger charge is -2.08. The van der Waals surface area contributed by atoms with E-state index >= 15 is 0 Å². The normalized spacial score (nSPS) is 11.2. The molecule has 33 heavy (non-hydrogen) atoms. The summed E-state index contributed by atoms with van der Waals surface area (Å²) in [5.74, 6) is -0.260. The molecular formula is C27H32N4O2. The van der Waals surface area contributed by atoms with Crippen LogP contribution < -0.4 is 10.6 Å². The third kappa shape index (κ3) is 6.65. The van der Waals surface area contributed by atoms with E-state index in [0.29, 0.717) is 13.1 Å². The van der Waals surface area contributed by atoms with Gasteiger partial charge in [0.1, 0.15) is 0 Å². The van der Waals surface area contributed by atoms with E-state index in [9.17, 15) is 9.59 Å². The van der Waals surface area contributed by atoms with E-state index in [4.69, 9.17) is 0 Å². The molecule has 2 aromatic carbocycles. The Hall–Kier alpha value is -3.67. The minimum Gasteiger partial charge on any atom is -0.348 e. The van der Waals surface area contributed by atoms with Gasteiger partial charge in [-0.1, -0.05) is 55.8 Å². The maximum Gasteiger partial charge on any atom is 0.244 e. The molecule has 0 radical (unpaired) electrons. The molecule has 1 aromatic heterocycles. The quantitative estimate of drug-likeness (QED) is 0.491. The third-order valence-electron chi connectivity index (χ3n) is 5.50. The van der Waals surface area contributed by atoms with E-state index in [2.05, 4.69) is 46.9 Å². The van der Waals surface area contributed by atoms with E-state index in [0.717, 1.165) is 28.2 Å². The molecular weight excluding hydrogens is 412 g/mol. The molecule has 2 amide bonds. The zero-order chi connectivity index (χ0) is 24.0. The first-order valence-electron chi connectivity index (χ1n) is 11.2. The molecule has 2 N–H and O–H groups in total. The average molecular weight is 445 g/mol. The van der Waals surface area contributed by atoms with Crippen LogP contribution >= 0.6 is 0 Å². The summed E-state index contributed by atoms with van der Waals surface area (Å²) in [6, 6.07) is 15.9. The molecule has 3 rings (SSSR count). The molecule has 0 spiro atoms. The molecule has 6 nitrogen and oxygen atoms in total. The van der Waals surface area contributed by atoms with Gasteiger partial charge in [-0.15, -0.1) is 0 Å². The lowest BCUT2D eigenvalue weighted by molar-refractivity contribution is -0.119. The first kappa shape index (κ1) is 24.0. The minimum absolute atomic E-state index is 0.0195. The summed E-state index contributed by atoms with van der Waals surface area (Å²) in [4.78, 5) is 24.1. The first-order valence-corrected chi connectivity index (χ1v) is 11.2. The Morgan fingerprint density at radius 3 is 2.24 bits per heavy atom. The van der Waals surface area contributed by atoms with Crippen molar-refractivity contribution in [3.63, 3.8) is 0 Å². The fraction of sp³-hybridized carbons (Fsp3) is 0.296. The topological polar surface area (TPSA) is 76.0 Å². The zero-order valence-electron chi connectivity index (χ0n) is 20.0. The van der Waals surface area contributed by atoms with Crippen LogP contribution in [0.2, 0.25) is 0 Å². The number of nitrogens with one attached hydrogen (secondary N) is 2. The Balaban J connectivity index is 1.56. The van der Waals surface area contributed by atoms with E-state index in [-0.39, 0.29) is 17.7 Å². The van der Waals surface area contributed by atoms with Crippen LogP contribution in [0.15, 0.2) is 54.6 Å². The summed E-state index contributed by atoms with van der Waals surface area (Å²) < 4.78 is 1.97. The number of aryl methyl sites for hydroxylation is 2. The number of carbonyl (C=O) groups is 2. The molecule has 0 bridgehead atoms. The fourth-order valence-electron chi connectivity index (χ4n) is 3.37. The van der Waals surface area contributed by atoms with Crippen molar-refractivity contribution in [3.8, 4) is 0 Å². The molecule has 0 unspecified atom stereocenters. The van der Waals surface area contributed by atoms with Crippen LogP contribution in [0, 0.1) is 26.7 Å². The van der Waals surface area contributed by atoms with Crippen molar-refractivity contribution in [1.29, 1.82) is 0 Å². The van der Waals surface area contributed by atoms with Crippen molar-refractivity contribution in [2.75, 3.05) is 5.32 Å². The van der Waals surface area contributed by atoms with Gasteiger partial charge in [0.25, 0.3) is 0 Å². The largest absolute Gasteiger partial charge is 0.348 e. The Morgan fingerprint density at radius 2 is 1.61 bits per heavy atom. The van der Waals surface area contributed by atoms with Crippen LogP contribution in [0.5, 0.6) is 0 Å². The van der Waals surface area contributed by atoms with Crippen LogP contribution in [0.3, 0.4) is 0 Å². The number of aromatic nitrogens is 2. The highest BCUT2D eigenvalue weighted by Gasteiger charge is 2.10. The Bertz CT molecular complexity index is 1140. The van der Waals surface area contributed by atoms with Crippen molar-refractivity contribution >= 4 is 23.6 Å². The van der Waals surface area contributed by atoms with Crippen molar-refractivity contribution in [3.05, 3.63) is 88.2 Å². The third-order valence-corrected chi connectivity index (χ3v) is 5.50. The van der Waals surface area contributed by atoms with Crippen LogP contribution in [-0.4, -0.2) is 21.6 Å². The molecule has 0 atom stereocenters. The van der Waals surface area contributed by atoms with Crippen LogP contribution in [0.25, 0.3) is 6.08 Å². The summed E-state index contributed by atoms with van der Waals surface area (Å²) in [7, 11) is 0. The number of nitrogens with zero attached hydrogens (tertiary/aromatic N) is 2. The highest BCUT2D eigenvalue weighted by molar-refractivity contribution is 5.92. The van der Waals surface area contributed by atoms with Gasteiger partial charge in [0, 0.05) is 35.5 Å². The van der Waals surface area contributed by atoms with Gasteiger partial charge >= 0.3 is 0 Å². The number of benzene rings is 2. The number of amides is 2. The van der Waals surface area contributed by atoms with E-state index < -0.39 is 0 Å². The SMILES string of the molecule is Cc1ccc(Cn2nc(C)c(/C=C/C(=O)NCc3ccc(NC(=O)C(C)C)cc3)c2C)cc1. The molecule has 6 heteroatoms. The van der Waals surface area contributed by atoms with Gasteiger partial charge in [0.15, 0.2) is 0 Å². The zero-order valence-corrected chi connectivity index (χ0v) is 20.0. The number of hydrogen-bond donors (Lipinski definition) is 2. The van der Waals surface area contributed by atoms with E-state index in [1.165, 1.54) is 11.1 Å². The van der Waals surface area contributed by atoms with Gasteiger partial charge in [-0.3, -0.25) is 14.3 Å². The van der Waals surface area contributed by atoms with Crippen molar-refractivity contribution < 1.29 is 9.59 Å². The second kappa shape index (κ2) is 10.8. The van der Waals surface area contributed by atoms with Crippen LogP contribution in [-0.2, 0) is 22.7 Å². The fourth-order valence-corrected chi connectivity index (χ4v) is 3.37. The maximum absolute atomic E-state index is 12.3. The van der Waals surface area contributed by atoms with Crippen molar-refractivity contribution in [1.82, 2.24) is 15.1 Å². The molecule has 0 saturated heterocycles. The van der Waals surface area contributed by atoms with Crippen molar-refractivity contribution in [2.45, 2.75) is 47.7 Å². The lowest BCUT2D eigenvalue weighted by atomic mass is 10.1. The van der Waals surface area contributed by atoms with Gasteiger partial charge in [0.05, 0.1) is 12.2 Å². The Labute approximate surface area is 195 Å². The molecule has 0 fully saturated rings. The summed E-state index contributed by atoms with van der Waals surface area (Å²) in [6.07, 6.45) is 3.37. The lowest BCUT2D eigenvalue weighted by Crippen LogP contribution is -2.20. The maximum atomic E-state index is 12.3. The predicted molar refractivity (Wildman–Crippen MR) is 133 cm³/mol. The number of anilines is 1. The molecule has 3 aromatic rings. The molecule has 0 saturated carbocycles. The van der Waals surface area contributed by atoms with Crippen LogP contribution in [0.4, 0.5) is 5.69 Å². The predicted octanol–water partition coefficient (Wildman–Crippen LogP) is 4.78. The Kier molecular flexibility index (Phi) is 7.83. The molecule has 1 heterocycles. The minimum atomic E-state index is -0.169. The van der Waals surface area contributed by atoms with Gasteiger partial charge in [0.2, 0.25) is 11.8 Å². The summed E-state index contributed by atoms with van der Waals surface area (Å²) >= 11 is 0. The highest BCUT2D eigenvalue weighted by atomic mass is 16.2. The van der Waals surface area contributed by atoms with Crippen LogP contribution in [0.1, 0.15) is 47.5 Å². The standard InChI is InChI=1S/C27H32N4O2/c1-18(2)27(33)29-24-12-10-22(11-13-24)16-28-26(32)15-14-25-20(4)30-31(21(25)5)17-23-8-6-19(3)7-9-23/h6-15,18H,16-17H2,1-5H3,(H,28,32)(H,29,33)/b15-14+. The number of carbonyl (C=O) groups excluding carboxylic acids is 2. The van der Waals surface area contributed by atoms with Gasteiger partial charge in [-0.05, 0) is 50.1 Å². The molecule has 0 aliphatic carbocycles. The number of hydrogen-bond acceptors (Lipinski definition) is 3. The average Bonchev–Trinajstić information content (AvgIpc) is 3.05. The summed E-state index contributed by atoms with van der Waals surface area (Å²) in [5, 5.41) is 10.4. The molecule has 0 aliphatic rings. The van der Waals surface area contributed by atoms with Gasteiger partial charge in [-0.25, -0.2) is 0 Å². The van der Waals surface area contributed by atoms with Gasteiger partial charge < -0.3 is 10.6 Å². The Morgan fingerprint density at radius 1 is 0.970 bits per heavy atom. The molecule has 172 valence electrons. The smallest absolute Gasteiger partial charge is 0.244 e. The van der Waals surface area contributed by atoms with E-state index in [1.54, 1.807) is 6.08 Å². The van der Waals surface area contributed by atoms with Gasteiger partial charge in [-0.2, -0.15) is 5.10 Å². The monoisotopic (exact) mass is 444 g/mol. The second-order valence-electron chi connectivity index (χ2n) is 8.62. The number of rotatable bonds is 8. The van der Waals surface area contributed by atoms with Crippen molar-refractivity contribution in [2.24, 2.45) is 5.92 Å². The second-order valence-corrected chi connectivity index (χ2v) is 8.62. The highest BCUT2D eigenvalue weighted by Crippen LogP contribution is 2.17.